The van der Waals surface area contributed by atoms with Gasteiger partial charge in [0.2, 0.25) is 0 Å². The highest BCUT2D eigenvalue weighted by Gasteiger charge is 2.19. The number of hydrogen-bond donors (Lipinski definition) is 1. The zero-order valence-electron chi connectivity index (χ0n) is 13.4. The van der Waals surface area contributed by atoms with Crippen LogP contribution in [0.2, 0.25) is 0 Å². The Kier molecular flexibility index (Phi) is 5.15. The first-order valence-corrected chi connectivity index (χ1v) is 7.78. The number of halogens is 1. The summed E-state index contributed by atoms with van der Waals surface area (Å²) < 4.78 is 15.2. The molecule has 0 atom stereocenters. The van der Waals surface area contributed by atoms with Crippen LogP contribution >= 0.6 is 0 Å². The van der Waals surface area contributed by atoms with Gasteiger partial charge in [0.25, 0.3) is 5.91 Å². The van der Waals surface area contributed by atoms with Gasteiger partial charge in [-0.25, -0.2) is 9.07 Å². The molecule has 0 aliphatic carbocycles. The topological polar surface area (TPSA) is 71.2 Å². The van der Waals surface area contributed by atoms with Gasteiger partial charge in [0.1, 0.15) is 11.5 Å². The van der Waals surface area contributed by atoms with E-state index in [1.807, 2.05) is 6.07 Å². The molecule has 1 aromatic carbocycles. The van der Waals surface area contributed by atoms with E-state index in [9.17, 15) is 14.3 Å². The summed E-state index contributed by atoms with van der Waals surface area (Å²) in [4.78, 5) is 18.2. The number of carbonyl (C=O) groups is 1. The number of hydrogen-bond acceptors (Lipinski definition) is 4. The van der Waals surface area contributed by atoms with Crippen LogP contribution in [0.1, 0.15) is 16.1 Å². The van der Waals surface area contributed by atoms with E-state index in [1.165, 1.54) is 27.9 Å². The molecule has 3 rings (SSSR count). The molecular formula is C18H17FN4O2. The molecule has 0 fully saturated rings. The predicted octanol–water partition coefficient (Wildman–Crippen LogP) is 2.04. The summed E-state index contributed by atoms with van der Waals surface area (Å²) in [7, 11) is 0. The van der Waals surface area contributed by atoms with Crippen molar-refractivity contribution in [2.24, 2.45) is 0 Å². The van der Waals surface area contributed by atoms with Crippen molar-refractivity contribution in [1.82, 2.24) is 19.7 Å². The van der Waals surface area contributed by atoms with E-state index in [4.69, 9.17) is 0 Å². The quantitative estimate of drug-likeness (QED) is 0.745. The molecule has 25 heavy (non-hydrogen) atoms. The maximum absolute atomic E-state index is 13.9. The molecule has 0 aliphatic rings. The number of aliphatic hydroxyl groups is 1. The Bertz CT molecular complexity index is 851. The van der Waals surface area contributed by atoms with Crippen molar-refractivity contribution in [2.75, 3.05) is 13.2 Å². The van der Waals surface area contributed by atoms with Gasteiger partial charge in [-0.1, -0.05) is 18.2 Å². The average molecular weight is 340 g/mol. The van der Waals surface area contributed by atoms with Crippen molar-refractivity contribution in [3.63, 3.8) is 0 Å². The third kappa shape index (κ3) is 3.89. The monoisotopic (exact) mass is 340 g/mol. The fourth-order valence-electron chi connectivity index (χ4n) is 2.46. The van der Waals surface area contributed by atoms with Gasteiger partial charge in [0, 0.05) is 31.7 Å². The lowest BCUT2D eigenvalue weighted by Crippen LogP contribution is -2.33. The number of pyridine rings is 1. The summed E-state index contributed by atoms with van der Waals surface area (Å²) in [5.41, 5.74) is 1.29. The lowest BCUT2D eigenvalue weighted by atomic mass is 10.2. The van der Waals surface area contributed by atoms with E-state index in [-0.39, 0.29) is 30.4 Å². The molecule has 0 radical (unpaired) electrons. The normalized spacial score (nSPS) is 10.6. The van der Waals surface area contributed by atoms with E-state index in [0.717, 1.165) is 5.56 Å². The van der Waals surface area contributed by atoms with Crippen LogP contribution < -0.4 is 0 Å². The second-order valence-corrected chi connectivity index (χ2v) is 5.41. The van der Waals surface area contributed by atoms with E-state index >= 15 is 0 Å². The average Bonchev–Trinajstić information content (AvgIpc) is 3.12. The van der Waals surface area contributed by atoms with Gasteiger partial charge in [-0.2, -0.15) is 5.10 Å². The summed E-state index contributed by atoms with van der Waals surface area (Å²) in [5.74, 6) is -0.764. The van der Waals surface area contributed by atoms with Crippen molar-refractivity contribution < 1.29 is 14.3 Å². The van der Waals surface area contributed by atoms with Crippen molar-refractivity contribution in [3.05, 3.63) is 78.1 Å². The maximum Gasteiger partial charge on any atom is 0.274 e. The molecule has 2 heterocycles. The molecule has 0 unspecified atom stereocenters. The number of aromatic nitrogens is 3. The Morgan fingerprint density at radius 1 is 1.20 bits per heavy atom. The van der Waals surface area contributed by atoms with Crippen LogP contribution in [-0.4, -0.2) is 43.8 Å². The first-order chi connectivity index (χ1) is 12.2. The summed E-state index contributed by atoms with van der Waals surface area (Å²) in [5, 5.41) is 13.4. The number of rotatable bonds is 6. The first kappa shape index (κ1) is 16.8. The zero-order chi connectivity index (χ0) is 17.6. The summed E-state index contributed by atoms with van der Waals surface area (Å²) in [6.07, 6.45) is 4.85. The third-order valence-electron chi connectivity index (χ3n) is 3.66. The smallest absolute Gasteiger partial charge is 0.274 e. The largest absolute Gasteiger partial charge is 0.395 e. The lowest BCUT2D eigenvalue weighted by molar-refractivity contribution is 0.0701. The molecule has 3 aromatic rings. The van der Waals surface area contributed by atoms with E-state index in [2.05, 4.69) is 10.1 Å². The number of amides is 1. The van der Waals surface area contributed by atoms with E-state index in [0.29, 0.717) is 6.54 Å². The summed E-state index contributed by atoms with van der Waals surface area (Å²) in [6, 6.07) is 11.4. The molecule has 1 N–H and O–H groups in total. The first-order valence-electron chi connectivity index (χ1n) is 7.78. The van der Waals surface area contributed by atoms with Gasteiger partial charge < -0.3 is 10.0 Å². The van der Waals surface area contributed by atoms with Crippen LogP contribution in [0.15, 0.2) is 61.1 Å². The fraction of sp³-hybridized carbons (Fsp3) is 0.167. The molecule has 7 heteroatoms. The van der Waals surface area contributed by atoms with Crippen LogP contribution in [0.3, 0.4) is 0 Å². The number of aliphatic hydroxyl groups excluding tert-OH is 1. The molecule has 0 spiro atoms. The fourth-order valence-corrected chi connectivity index (χ4v) is 2.46. The molecule has 0 bridgehead atoms. The molecule has 128 valence electrons. The highest BCUT2D eigenvalue weighted by atomic mass is 19.1. The number of nitrogens with zero attached hydrogens (tertiary/aromatic N) is 4. The molecule has 0 saturated heterocycles. The Labute approximate surface area is 144 Å². The highest BCUT2D eigenvalue weighted by Crippen LogP contribution is 2.14. The Morgan fingerprint density at radius 3 is 2.76 bits per heavy atom. The number of carbonyl (C=O) groups excluding carboxylic acids is 1. The highest BCUT2D eigenvalue weighted by molar-refractivity contribution is 5.92. The second kappa shape index (κ2) is 7.67. The van der Waals surface area contributed by atoms with Crippen molar-refractivity contribution >= 4 is 5.91 Å². The molecule has 2 aromatic heterocycles. The maximum atomic E-state index is 13.9. The molecule has 0 aliphatic heterocycles. The summed E-state index contributed by atoms with van der Waals surface area (Å²) in [6.45, 7) is 0.306. The zero-order valence-corrected chi connectivity index (χ0v) is 13.4. The van der Waals surface area contributed by atoms with E-state index in [1.54, 1.807) is 36.7 Å². The molecule has 6 nitrogen and oxygen atoms in total. The minimum absolute atomic E-state index is 0.167. The Morgan fingerprint density at radius 2 is 2.04 bits per heavy atom. The SMILES string of the molecule is O=C(c1ccn(-c2ccccc2F)n1)N(CCO)Cc1cccnc1. The molecular weight excluding hydrogens is 323 g/mol. The second-order valence-electron chi connectivity index (χ2n) is 5.41. The van der Waals surface area contributed by atoms with Crippen LogP contribution in [-0.2, 0) is 6.54 Å². The number of para-hydroxylation sites is 1. The Hall–Kier alpha value is -3.06. The van der Waals surface area contributed by atoms with Crippen LogP contribution in [0.5, 0.6) is 0 Å². The van der Waals surface area contributed by atoms with Crippen LogP contribution in [0, 0.1) is 5.82 Å². The van der Waals surface area contributed by atoms with Gasteiger partial charge in [0.15, 0.2) is 5.69 Å². The standard InChI is InChI=1S/C18H17FN4O2/c19-15-5-1-2-6-17(15)23-9-7-16(21-23)18(25)22(10-11-24)13-14-4-3-8-20-12-14/h1-9,12,24H,10-11,13H2. The summed E-state index contributed by atoms with van der Waals surface area (Å²) >= 11 is 0. The van der Waals surface area contributed by atoms with Crippen LogP contribution in [0.4, 0.5) is 4.39 Å². The van der Waals surface area contributed by atoms with Crippen molar-refractivity contribution in [2.45, 2.75) is 6.54 Å². The van der Waals surface area contributed by atoms with Gasteiger partial charge in [0.05, 0.1) is 6.61 Å². The number of benzene rings is 1. The van der Waals surface area contributed by atoms with Crippen LogP contribution in [0.25, 0.3) is 5.69 Å². The Balaban J connectivity index is 1.82. The minimum atomic E-state index is -0.424. The van der Waals surface area contributed by atoms with Gasteiger partial charge in [-0.05, 0) is 29.8 Å². The third-order valence-corrected chi connectivity index (χ3v) is 3.66. The van der Waals surface area contributed by atoms with Gasteiger partial charge >= 0.3 is 0 Å². The molecule has 0 saturated carbocycles. The van der Waals surface area contributed by atoms with E-state index < -0.39 is 5.82 Å². The molecule has 1 amide bonds. The minimum Gasteiger partial charge on any atom is -0.395 e. The van der Waals surface area contributed by atoms with Gasteiger partial charge in [-0.15, -0.1) is 0 Å². The van der Waals surface area contributed by atoms with Crippen molar-refractivity contribution in [3.8, 4) is 5.69 Å². The predicted molar refractivity (Wildman–Crippen MR) is 89.6 cm³/mol. The van der Waals surface area contributed by atoms with Crippen molar-refractivity contribution in [1.29, 1.82) is 0 Å². The lowest BCUT2D eigenvalue weighted by Gasteiger charge is -2.20. The van der Waals surface area contributed by atoms with Gasteiger partial charge in [-0.3, -0.25) is 9.78 Å².